The van der Waals surface area contributed by atoms with Gasteiger partial charge in [0.05, 0.1) is 0 Å². The molecule has 0 saturated heterocycles. The second kappa shape index (κ2) is 17.6. The van der Waals surface area contributed by atoms with E-state index in [-0.39, 0.29) is 0 Å². The van der Waals surface area contributed by atoms with Gasteiger partial charge in [0, 0.05) is 49.7 Å². The molecule has 14 aromatic rings. The lowest BCUT2D eigenvalue weighted by atomic mass is 9.95. The number of rotatable bonds is 9. The number of benzene rings is 12. The van der Waals surface area contributed by atoms with Gasteiger partial charge in [0.2, 0.25) is 0 Å². The first-order chi connectivity index (χ1) is 36.2. The smallest absolute Gasteiger partial charge is 0.143 e. The largest absolute Gasteiger partial charge is 0.455 e. The molecule has 0 fully saturated rings. The summed E-state index contributed by atoms with van der Waals surface area (Å²) in [6.07, 6.45) is 0. The second-order valence-corrected chi connectivity index (χ2v) is 18.8. The summed E-state index contributed by atoms with van der Waals surface area (Å²) in [5.41, 5.74) is 20.5. The monoisotopic (exact) mass is 931 g/mol. The highest BCUT2D eigenvalue weighted by Crippen LogP contribution is 2.42. The summed E-state index contributed by atoms with van der Waals surface area (Å²) >= 11 is 0. The fourth-order valence-corrected chi connectivity index (χ4v) is 10.9. The van der Waals surface area contributed by atoms with E-state index in [0.29, 0.717) is 0 Å². The molecule has 0 aliphatic heterocycles. The van der Waals surface area contributed by atoms with E-state index in [2.05, 4.69) is 254 Å². The highest BCUT2D eigenvalue weighted by Gasteiger charge is 2.18. The van der Waals surface area contributed by atoms with Crippen LogP contribution in [0.15, 0.2) is 282 Å². The molecule has 3 nitrogen and oxygen atoms in total. The molecule has 0 bridgehead atoms. The zero-order valence-corrected chi connectivity index (χ0v) is 39.7. The lowest BCUT2D eigenvalue weighted by Gasteiger charge is -2.26. The van der Waals surface area contributed by atoms with Crippen molar-refractivity contribution < 1.29 is 8.83 Å². The van der Waals surface area contributed by atoms with E-state index in [1.165, 1.54) is 27.5 Å². The molecule has 73 heavy (non-hydrogen) atoms. The Bertz CT molecular complexity index is 4160. The molecule has 0 saturated carbocycles. The molecule has 0 N–H and O–H groups in total. The summed E-state index contributed by atoms with van der Waals surface area (Å²) in [4.78, 5) is 2.35. The van der Waals surface area contributed by atoms with Gasteiger partial charge in [-0.2, -0.15) is 0 Å². The van der Waals surface area contributed by atoms with Crippen LogP contribution in [-0.4, -0.2) is 0 Å². The van der Waals surface area contributed by atoms with Gasteiger partial charge in [0.25, 0.3) is 0 Å². The minimum atomic E-state index is 0.902. The molecule has 2 aromatic heterocycles. The van der Waals surface area contributed by atoms with Gasteiger partial charge >= 0.3 is 0 Å². The van der Waals surface area contributed by atoms with Crippen LogP contribution >= 0.6 is 0 Å². The Balaban J connectivity index is 0.815. The zero-order chi connectivity index (χ0) is 48.2. The quantitative estimate of drug-likeness (QED) is 0.144. The Hall–Kier alpha value is -9.70. The van der Waals surface area contributed by atoms with Crippen LogP contribution in [0.4, 0.5) is 17.1 Å². The summed E-state index contributed by atoms with van der Waals surface area (Å²) in [6.45, 7) is 0. The molecule has 342 valence electrons. The third-order valence-corrected chi connectivity index (χ3v) is 14.5. The summed E-state index contributed by atoms with van der Waals surface area (Å²) < 4.78 is 12.9. The zero-order valence-electron chi connectivity index (χ0n) is 39.7. The van der Waals surface area contributed by atoms with E-state index >= 15 is 0 Å². The van der Waals surface area contributed by atoms with E-state index in [1.807, 2.05) is 24.3 Å². The highest BCUT2D eigenvalue weighted by molar-refractivity contribution is 6.11. The van der Waals surface area contributed by atoms with Crippen molar-refractivity contribution in [2.45, 2.75) is 0 Å². The maximum absolute atomic E-state index is 6.45. The van der Waals surface area contributed by atoms with Crippen molar-refractivity contribution in [3.05, 3.63) is 273 Å². The molecule has 0 amide bonds. The van der Waals surface area contributed by atoms with Gasteiger partial charge in [-0.3, -0.25) is 0 Å². The molecule has 2 heterocycles. The third kappa shape index (κ3) is 7.54. The van der Waals surface area contributed by atoms with E-state index in [9.17, 15) is 0 Å². The molecule has 0 spiro atoms. The standard InChI is InChI=1S/C70H45NO2/c1-2-21-59-49(13-1)14-10-24-60(59)53-18-7-15-50(43-53)46-31-37-56(38-32-46)71(57-39-33-47(34-40-57)51-16-8-19-54(44-51)61-25-11-27-65-63-22-3-5-29-67(63)72-69(61)65)58-41-35-48(36-42-58)52-17-9-20-55(45-52)62-26-12-28-66-64-23-4-6-30-68(64)73-70(62)66/h1-45H. The summed E-state index contributed by atoms with van der Waals surface area (Å²) in [5.74, 6) is 0. The lowest BCUT2D eigenvalue weighted by molar-refractivity contribution is 0.669. The van der Waals surface area contributed by atoms with Gasteiger partial charge < -0.3 is 13.7 Å². The highest BCUT2D eigenvalue weighted by atomic mass is 16.3. The van der Waals surface area contributed by atoms with Crippen molar-refractivity contribution in [2.24, 2.45) is 0 Å². The molecular formula is C70H45NO2. The van der Waals surface area contributed by atoms with Crippen molar-refractivity contribution in [1.29, 1.82) is 0 Å². The van der Waals surface area contributed by atoms with Gasteiger partial charge in [-0.1, -0.05) is 206 Å². The molecule has 0 atom stereocenters. The SMILES string of the molecule is c1cc(-c2ccc(N(c3ccc(-c4cccc(-c5cccc6c5oc5ccccc56)c4)cc3)c3ccc(-c4cccc(-c5cccc6c5oc5ccccc56)c4)cc3)cc2)cc(-c2cccc3ccccc23)c1. The van der Waals surface area contributed by atoms with Crippen LogP contribution in [0.1, 0.15) is 0 Å². The Morgan fingerprint density at radius 3 is 1.01 bits per heavy atom. The van der Waals surface area contributed by atoms with E-state index in [1.54, 1.807) is 0 Å². The number of furan rings is 2. The molecule has 3 heteroatoms. The van der Waals surface area contributed by atoms with E-state index < -0.39 is 0 Å². The topological polar surface area (TPSA) is 29.5 Å². The molecule has 0 aliphatic rings. The van der Waals surface area contributed by atoms with Crippen molar-refractivity contribution in [3.8, 4) is 66.8 Å². The summed E-state index contributed by atoms with van der Waals surface area (Å²) in [7, 11) is 0. The van der Waals surface area contributed by atoms with Crippen molar-refractivity contribution in [1.82, 2.24) is 0 Å². The fraction of sp³-hybridized carbons (Fsp3) is 0. The normalized spacial score (nSPS) is 11.6. The summed E-state index contributed by atoms with van der Waals surface area (Å²) in [5, 5.41) is 7.02. The minimum Gasteiger partial charge on any atom is -0.455 e. The molecule has 0 aliphatic carbocycles. The average molecular weight is 932 g/mol. The van der Waals surface area contributed by atoms with Crippen molar-refractivity contribution >= 4 is 71.7 Å². The van der Waals surface area contributed by atoms with Crippen LogP contribution in [0.5, 0.6) is 0 Å². The second-order valence-electron chi connectivity index (χ2n) is 18.8. The lowest BCUT2D eigenvalue weighted by Crippen LogP contribution is -2.09. The molecule has 0 unspecified atom stereocenters. The summed E-state index contributed by atoms with van der Waals surface area (Å²) in [6, 6.07) is 97.8. The number of fused-ring (bicyclic) bond motifs is 7. The predicted octanol–water partition coefficient (Wildman–Crippen LogP) is 20.1. The Labute approximate surface area is 423 Å². The van der Waals surface area contributed by atoms with Gasteiger partial charge in [-0.05, 0) is 133 Å². The minimum absolute atomic E-state index is 0.902. The van der Waals surface area contributed by atoms with Gasteiger partial charge in [0.1, 0.15) is 22.3 Å². The van der Waals surface area contributed by atoms with Crippen LogP contribution in [0, 0.1) is 0 Å². The van der Waals surface area contributed by atoms with Gasteiger partial charge in [-0.15, -0.1) is 0 Å². The van der Waals surface area contributed by atoms with Crippen molar-refractivity contribution in [2.75, 3.05) is 4.90 Å². The number of nitrogens with zero attached hydrogens (tertiary/aromatic N) is 1. The molecule has 14 rings (SSSR count). The maximum atomic E-state index is 6.45. The first-order valence-corrected chi connectivity index (χ1v) is 24.9. The third-order valence-electron chi connectivity index (χ3n) is 14.5. The van der Waals surface area contributed by atoms with Crippen LogP contribution in [0.2, 0.25) is 0 Å². The average Bonchev–Trinajstić information content (AvgIpc) is 4.05. The Morgan fingerprint density at radius 1 is 0.219 bits per heavy atom. The van der Waals surface area contributed by atoms with Crippen LogP contribution in [-0.2, 0) is 0 Å². The Kier molecular flexibility index (Phi) is 10.2. The number of hydrogen-bond acceptors (Lipinski definition) is 3. The molecule has 0 radical (unpaired) electrons. The molecular weight excluding hydrogens is 887 g/mol. The number of para-hydroxylation sites is 4. The fourth-order valence-electron chi connectivity index (χ4n) is 10.9. The van der Waals surface area contributed by atoms with E-state index in [4.69, 9.17) is 8.83 Å². The van der Waals surface area contributed by atoms with Gasteiger partial charge in [0.15, 0.2) is 0 Å². The van der Waals surface area contributed by atoms with Crippen LogP contribution in [0.3, 0.4) is 0 Å². The predicted molar refractivity (Wildman–Crippen MR) is 306 cm³/mol. The number of anilines is 3. The molecule has 12 aromatic carbocycles. The van der Waals surface area contributed by atoms with Gasteiger partial charge in [-0.25, -0.2) is 0 Å². The maximum Gasteiger partial charge on any atom is 0.143 e. The van der Waals surface area contributed by atoms with Crippen LogP contribution < -0.4 is 4.90 Å². The first kappa shape index (κ1) is 42.2. The van der Waals surface area contributed by atoms with Crippen molar-refractivity contribution in [3.63, 3.8) is 0 Å². The van der Waals surface area contributed by atoms with Crippen LogP contribution in [0.25, 0.3) is 121 Å². The number of hydrogen-bond donors (Lipinski definition) is 0. The van der Waals surface area contributed by atoms with E-state index in [0.717, 1.165) is 111 Å². The first-order valence-electron chi connectivity index (χ1n) is 24.9. The Morgan fingerprint density at radius 2 is 0.548 bits per heavy atom.